The number of halogens is 6. The van der Waals surface area contributed by atoms with Crippen LogP contribution >= 0.6 is 0 Å². The van der Waals surface area contributed by atoms with Crippen LogP contribution in [0.4, 0.5) is 32.2 Å². The number of hydroxylamine groups is 1. The summed E-state index contributed by atoms with van der Waals surface area (Å²) in [6.45, 7) is 1.33. The maximum Gasteiger partial charge on any atom is 0.573 e. The third kappa shape index (κ3) is 6.45. The highest BCUT2D eigenvalue weighted by Crippen LogP contribution is 2.30. The number of ether oxygens (including phenoxy) is 1. The van der Waals surface area contributed by atoms with E-state index in [1.54, 1.807) is 5.48 Å². The number of aliphatic imine (C=N–C) groups is 1. The second-order valence-corrected chi connectivity index (χ2v) is 9.12. The van der Waals surface area contributed by atoms with Gasteiger partial charge in [-0.2, -0.15) is 13.2 Å². The van der Waals surface area contributed by atoms with E-state index in [0.29, 0.717) is 18.0 Å². The van der Waals surface area contributed by atoms with Crippen molar-refractivity contribution in [3.05, 3.63) is 60.3 Å². The molecule has 0 saturated carbocycles. The summed E-state index contributed by atoms with van der Waals surface area (Å²) in [5, 5.41) is 9.55. The highest BCUT2D eigenvalue weighted by molar-refractivity contribution is 7.91. The fraction of sp³-hybridized carbons (Fsp3) is 0.200. The first-order valence-electron chi connectivity index (χ1n) is 9.71. The standard InChI is InChI=1S/C20H15F6N5O4S/c1-2-36(33,34)14-7-12(11-3-5-13(6-4-11)35-20(24,25)26)8-29-17(14)18(31-32)30-16-10-27-15(9-28-16)19(21,22)23/h3-10,32H,2H2,1H3,(H,28,30,31). The van der Waals surface area contributed by atoms with Gasteiger partial charge in [-0.15, -0.1) is 13.2 Å². The zero-order valence-electron chi connectivity index (χ0n) is 18.0. The monoisotopic (exact) mass is 535 g/mol. The molecule has 0 aliphatic rings. The largest absolute Gasteiger partial charge is 0.573 e. The Morgan fingerprint density at radius 3 is 2.17 bits per heavy atom. The first-order valence-corrected chi connectivity index (χ1v) is 11.4. The zero-order chi connectivity index (χ0) is 26.7. The molecule has 0 aliphatic heterocycles. The van der Waals surface area contributed by atoms with E-state index in [9.17, 15) is 40.0 Å². The fourth-order valence-electron chi connectivity index (χ4n) is 2.79. The van der Waals surface area contributed by atoms with Crippen LogP contribution < -0.4 is 10.2 Å². The highest BCUT2D eigenvalue weighted by Gasteiger charge is 2.33. The molecule has 0 fully saturated rings. The molecule has 0 atom stereocenters. The molecule has 0 saturated heterocycles. The van der Waals surface area contributed by atoms with E-state index in [0.717, 1.165) is 24.4 Å². The van der Waals surface area contributed by atoms with E-state index in [4.69, 9.17) is 0 Å². The molecule has 3 rings (SSSR count). The maximum absolute atomic E-state index is 12.7. The molecule has 2 N–H and O–H groups in total. The summed E-state index contributed by atoms with van der Waals surface area (Å²) in [5.74, 6) is -1.85. The summed E-state index contributed by atoms with van der Waals surface area (Å²) in [6, 6.07) is 5.70. The van der Waals surface area contributed by atoms with Crippen molar-refractivity contribution < 1.29 is 44.7 Å². The third-order valence-electron chi connectivity index (χ3n) is 4.47. The van der Waals surface area contributed by atoms with Gasteiger partial charge >= 0.3 is 12.5 Å². The van der Waals surface area contributed by atoms with Crippen molar-refractivity contribution in [2.75, 3.05) is 5.75 Å². The molecule has 3 aromatic rings. The molecule has 0 radical (unpaired) electrons. The second-order valence-electron chi connectivity index (χ2n) is 6.88. The number of nitrogens with zero attached hydrogens (tertiary/aromatic N) is 4. The second kappa shape index (κ2) is 10.1. The summed E-state index contributed by atoms with van der Waals surface area (Å²) >= 11 is 0. The van der Waals surface area contributed by atoms with E-state index >= 15 is 0 Å². The van der Waals surface area contributed by atoms with Crippen molar-refractivity contribution in [1.29, 1.82) is 0 Å². The van der Waals surface area contributed by atoms with E-state index in [-0.39, 0.29) is 11.3 Å². The minimum atomic E-state index is -4.89. The van der Waals surface area contributed by atoms with Gasteiger partial charge in [0.2, 0.25) is 0 Å². The average molecular weight is 535 g/mol. The van der Waals surface area contributed by atoms with Gasteiger partial charge in [0.05, 0.1) is 23.0 Å². The minimum absolute atomic E-state index is 0.191. The van der Waals surface area contributed by atoms with E-state index in [1.807, 2.05) is 0 Å². The molecule has 9 nitrogen and oxygen atoms in total. The van der Waals surface area contributed by atoms with E-state index in [1.165, 1.54) is 19.1 Å². The van der Waals surface area contributed by atoms with Crippen LogP contribution in [-0.4, -0.2) is 46.5 Å². The number of benzene rings is 1. The van der Waals surface area contributed by atoms with Gasteiger partial charge < -0.3 is 4.74 Å². The molecule has 0 amide bonds. The number of sulfone groups is 1. The van der Waals surface area contributed by atoms with Crippen molar-refractivity contribution in [3.8, 4) is 16.9 Å². The number of pyridine rings is 1. The Hall–Kier alpha value is -3.79. The third-order valence-corrected chi connectivity index (χ3v) is 6.22. The Balaban J connectivity index is 2.05. The predicted molar refractivity (Wildman–Crippen MR) is 112 cm³/mol. The van der Waals surface area contributed by atoms with Gasteiger partial charge in [-0.05, 0) is 23.8 Å². The van der Waals surface area contributed by atoms with Gasteiger partial charge in [0.1, 0.15) is 11.4 Å². The first kappa shape index (κ1) is 26.8. The first-order chi connectivity index (χ1) is 16.7. The Morgan fingerprint density at radius 2 is 1.67 bits per heavy atom. The SMILES string of the molecule is CCS(=O)(=O)c1cc(-c2ccc(OC(F)(F)F)cc2)cnc1C(=Nc1cnc(C(F)(F)F)cn1)NO. The van der Waals surface area contributed by atoms with Crippen LogP contribution in [0.25, 0.3) is 11.1 Å². The topological polar surface area (TPSA) is 127 Å². The van der Waals surface area contributed by atoms with Crippen LogP contribution in [0.3, 0.4) is 0 Å². The lowest BCUT2D eigenvalue weighted by Gasteiger charge is -2.13. The molecule has 16 heteroatoms. The average Bonchev–Trinajstić information content (AvgIpc) is 2.81. The predicted octanol–water partition coefficient (Wildman–Crippen LogP) is 4.31. The quantitative estimate of drug-likeness (QED) is 0.207. The number of aromatic nitrogens is 3. The molecule has 0 unspecified atom stereocenters. The van der Waals surface area contributed by atoms with Crippen LogP contribution in [0, 0.1) is 0 Å². The van der Waals surface area contributed by atoms with Gasteiger partial charge in [0.25, 0.3) is 0 Å². The molecule has 0 bridgehead atoms. The Kier molecular flexibility index (Phi) is 7.49. The van der Waals surface area contributed by atoms with E-state index in [2.05, 4.69) is 24.7 Å². The van der Waals surface area contributed by atoms with Crippen LogP contribution in [0.2, 0.25) is 0 Å². The number of hydrogen-bond acceptors (Lipinski definition) is 8. The van der Waals surface area contributed by atoms with Crippen molar-refractivity contribution >= 4 is 21.5 Å². The van der Waals surface area contributed by atoms with Gasteiger partial charge in [0.15, 0.2) is 27.2 Å². The Bertz CT molecular complexity index is 1360. The normalized spacial score (nSPS) is 12.9. The van der Waals surface area contributed by atoms with Crippen molar-refractivity contribution in [2.45, 2.75) is 24.4 Å². The Labute approximate surface area is 199 Å². The summed E-state index contributed by atoms with van der Waals surface area (Å²) in [6.07, 6.45) is -7.41. The lowest BCUT2D eigenvalue weighted by molar-refractivity contribution is -0.274. The number of alkyl halides is 6. The highest BCUT2D eigenvalue weighted by atomic mass is 32.2. The summed E-state index contributed by atoms with van der Waals surface area (Å²) in [5.41, 5.74) is 0.453. The molecule has 2 aromatic heterocycles. The van der Waals surface area contributed by atoms with Gasteiger partial charge in [-0.3, -0.25) is 15.7 Å². The van der Waals surface area contributed by atoms with Crippen LogP contribution in [0.5, 0.6) is 5.75 Å². The van der Waals surface area contributed by atoms with Crippen molar-refractivity contribution in [1.82, 2.24) is 20.4 Å². The van der Waals surface area contributed by atoms with Gasteiger partial charge in [0, 0.05) is 11.8 Å². The van der Waals surface area contributed by atoms with Crippen LogP contribution in [-0.2, 0) is 16.0 Å². The summed E-state index contributed by atoms with van der Waals surface area (Å²) < 4.78 is 104. The molecular weight excluding hydrogens is 520 g/mol. The van der Waals surface area contributed by atoms with Crippen LogP contribution in [0.1, 0.15) is 18.3 Å². The number of amidine groups is 1. The molecule has 0 spiro atoms. The summed E-state index contributed by atoms with van der Waals surface area (Å²) in [7, 11) is -4.02. The molecule has 0 aliphatic carbocycles. The molecule has 2 heterocycles. The number of nitrogens with one attached hydrogen (secondary N) is 1. The Morgan fingerprint density at radius 1 is 1.00 bits per heavy atom. The number of hydrogen-bond donors (Lipinski definition) is 2. The van der Waals surface area contributed by atoms with Gasteiger partial charge in [-0.25, -0.2) is 23.4 Å². The molecule has 1 aromatic carbocycles. The number of rotatable bonds is 6. The summed E-state index contributed by atoms with van der Waals surface area (Å²) in [4.78, 5) is 14.0. The van der Waals surface area contributed by atoms with E-state index < -0.39 is 56.1 Å². The molecule has 36 heavy (non-hydrogen) atoms. The smallest absolute Gasteiger partial charge is 0.406 e. The molecular formula is C20H15F6N5O4S. The minimum Gasteiger partial charge on any atom is -0.406 e. The maximum atomic E-state index is 12.7. The van der Waals surface area contributed by atoms with Gasteiger partial charge in [-0.1, -0.05) is 19.1 Å². The lowest BCUT2D eigenvalue weighted by Crippen LogP contribution is -2.25. The van der Waals surface area contributed by atoms with Crippen molar-refractivity contribution in [2.24, 2.45) is 4.99 Å². The fourth-order valence-corrected chi connectivity index (χ4v) is 3.85. The van der Waals surface area contributed by atoms with Crippen LogP contribution in [0.15, 0.2) is 58.8 Å². The van der Waals surface area contributed by atoms with Crippen molar-refractivity contribution in [3.63, 3.8) is 0 Å². The lowest BCUT2D eigenvalue weighted by atomic mass is 10.1. The molecule has 192 valence electrons. The zero-order valence-corrected chi connectivity index (χ0v) is 18.8.